The maximum Gasteiger partial charge on any atom is 0.233 e. The zero-order valence-corrected chi connectivity index (χ0v) is 15.5. The van der Waals surface area contributed by atoms with Crippen LogP contribution in [-0.4, -0.2) is 50.2 Å². The van der Waals surface area contributed by atoms with E-state index in [1.54, 1.807) is 0 Å². The molecule has 1 N–H and O–H groups in total. The first-order valence-electron chi connectivity index (χ1n) is 8.77. The molecule has 5 heteroatoms. The summed E-state index contributed by atoms with van der Waals surface area (Å²) >= 11 is 0. The number of nitrogens with one attached hydrogen (secondary N) is 1. The highest BCUT2D eigenvalue weighted by atomic mass is 35.5. The van der Waals surface area contributed by atoms with Crippen LogP contribution in [0.2, 0.25) is 0 Å². The van der Waals surface area contributed by atoms with Gasteiger partial charge in [-0.15, -0.1) is 12.4 Å². The fourth-order valence-electron chi connectivity index (χ4n) is 3.92. The highest BCUT2D eigenvalue weighted by Gasteiger charge is 2.44. The minimum atomic E-state index is -0.401. The van der Waals surface area contributed by atoms with Crippen molar-refractivity contribution in [1.82, 2.24) is 10.2 Å². The molecule has 1 aromatic carbocycles. The third-order valence-electron chi connectivity index (χ3n) is 5.48. The zero-order valence-electron chi connectivity index (χ0n) is 14.7. The van der Waals surface area contributed by atoms with E-state index in [1.807, 2.05) is 7.05 Å². The van der Waals surface area contributed by atoms with Gasteiger partial charge in [-0.1, -0.05) is 29.8 Å². The Balaban J connectivity index is 0.00000208. The van der Waals surface area contributed by atoms with Crippen LogP contribution in [0.25, 0.3) is 0 Å². The SMILES string of the molecule is CNC1CCCN(C(=O)C2(c3ccc(C)cc3)CCOCC2)C1.Cl. The van der Waals surface area contributed by atoms with Gasteiger partial charge in [-0.05, 0) is 45.2 Å². The van der Waals surface area contributed by atoms with E-state index in [4.69, 9.17) is 4.74 Å². The number of hydrogen-bond donors (Lipinski definition) is 1. The molecule has 1 aromatic rings. The first kappa shape index (κ1) is 19.2. The third-order valence-corrected chi connectivity index (χ3v) is 5.48. The van der Waals surface area contributed by atoms with Crippen molar-refractivity contribution in [1.29, 1.82) is 0 Å². The number of hydrogen-bond acceptors (Lipinski definition) is 3. The van der Waals surface area contributed by atoms with Gasteiger partial charge in [-0.3, -0.25) is 4.79 Å². The number of carbonyl (C=O) groups excluding carboxylic acids is 1. The average molecular weight is 353 g/mol. The Bertz CT molecular complexity index is 541. The summed E-state index contributed by atoms with van der Waals surface area (Å²) in [6.07, 6.45) is 3.81. The molecule has 2 saturated heterocycles. The van der Waals surface area contributed by atoms with Crippen LogP contribution in [0.3, 0.4) is 0 Å². The van der Waals surface area contributed by atoms with Gasteiger partial charge in [0.15, 0.2) is 0 Å². The summed E-state index contributed by atoms with van der Waals surface area (Å²) in [6, 6.07) is 8.93. The second-order valence-electron chi connectivity index (χ2n) is 6.94. The van der Waals surface area contributed by atoms with Crippen LogP contribution in [-0.2, 0) is 14.9 Å². The molecule has 2 aliphatic heterocycles. The minimum Gasteiger partial charge on any atom is -0.381 e. The summed E-state index contributed by atoms with van der Waals surface area (Å²) in [7, 11) is 1.99. The van der Waals surface area contributed by atoms with Crippen molar-refractivity contribution in [3.63, 3.8) is 0 Å². The molecule has 0 saturated carbocycles. The molecule has 1 atom stereocenters. The Morgan fingerprint density at radius 1 is 1.25 bits per heavy atom. The lowest BCUT2D eigenvalue weighted by Gasteiger charge is -2.42. The molecule has 2 aliphatic rings. The molecule has 134 valence electrons. The number of likely N-dealkylation sites (tertiary alicyclic amines) is 1. The Hall–Kier alpha value is -1.10. The van der Waals surface area contributed by atoms with Gasteiger partial charge in [0.25, 0.3) is 0 Å². The number of aryl methyl sites for hydroxylation is 1. The Kier molecular flexibility index (Phi) is 6.67. The molecular formula is C19H29ClN2O2. The van der Waals surface area contributed by atoms with Crippen molar-refractivity contribution in [2.24, 2.45) is 0 Å². The van der Waals surface area contributed by atoms with Gasteiger partial charge >= 0.3 is 0 Å². The van der Waals surface area contributed by atoms with Gasteiger partial charge < -0.3 is 15.0 Å². The summed E-state index contributed by atoms with van der Waals surface area (Å²) < 4.78 is 5.57. The number of amides is 1. The molecule has 1 amide bonds. The number of piperidine rings is 1. The second kappa shape index (κ2) is 8.32. The van der Waals surface area contributed by atoms with Gasteiger partial charge in [0.05, 0.1) is 5.41 Å². The van der Waals surface area contributed by atoms with E-state index >= 15 is 0 Å². The van der Waals surface area contributed by atoms with Crippen LogP contribution in [0.1, 0.15) is 36.8 Å². The van der Waals surface area contributed by atoms with Crippen molar-refractivity contribution in [2.75, 3.05) is 33.4 Å². The second-order valence-corrected chi connectivity index (χ2v) is 6.94. The molecule has 24 heavy (non-hydrogen) atoms. The van der Waals surface area contributed by atoms with Crippen LogP contribution in [0.15, 0.2) is 24.3 Å². The predicted octanol–water partition coefficient (Wildman–Crippen LogP) is 2.68. The number of likely N-dealkylation sites (N-methyl/N-ethyl adjacent to an activating group) is 1. The van der Waals surface area contributed by atoms with Crippen molar-refractivity contribution >= 4 is 18.3 Å². The predicted molar refractivity (Wildman–Crippen MR) is 98.8 cm³/mol. The van der Waals surface area contributed by atoms with Crippen LogP contribution < -0.4 is 5.32 Å². The van der Waals surface area contributed by atoms with E-state index in [0.717, 1.165) is 44.3 Å². The normalized spacial score (nSPS) is 23.4. The van der Waals surface area contributed by atoms with Crippen molar-refractivity contribution in [2.45, 2.75) is 44.1 Å². The van der Waals surface area contributed by atoms with E-state index in [0.29, 0.717) is 25.2 Å². The largest absolute Gasteiger partial charge is 0.381 e. The van der Waals surface area contributed by atoms with Crippen LogP contribution >= 0.6 is 12.4 Å². The minimum absolute atomic E-state index is 0. The first-order valence-corrected chi connectivity index (χ1v) is 8.77. The maximum absolute atomic E-state index is 13.5. The molecule has 2 heterocycles. The molecule has 0 spiro atoms. The van der Waals surface area contributed by atoms with Crippen LogP contribution in [0, 0.1) is 6.92 Å². The summed E-state index contributed by atoms with van der Waals surface area (Å²) in [6.45, 7) is 5.13. The third kappa shape index (κ3) is 3.76. The quantitative estimate of drug-likeness (QED) is 0.909. The lowest BCUT2D eigenvalue weighted by atomic mass is 9.72. The van der Waals surface area contributed by atoms with Crippen LogP contribution in [0.5, 0.6) is 0 Å². The highest BCUT2D eigenvalue weighted by Crippen LogP contribution is 2.37. The van der Waals surface area contributed by atoms with Crippen molar-refractivity contribution in [3.8, 4) is 0 Å². The Labute approximate surface area is 151 Å². The lowest BCUT2D eigenvalue weighted by Crippen LogP contribution is -2.55. The van der Waals surface area contributed by atoms with Gasteiger partial charge in [0.2, 0.25) is 5.91 Å². The summed E-state index contributed by atoms with van der Waals surface area (Å²) in [4.78, 5) is 15.5. The zero-order chi connectivity index (χ0) is 16.3. The summed E-state index contributed by atoms with van der Waals surface area (Å²) in [5.41, 5.74) is 1.99. The van der Waals surface area contributed by atoms with Crippen LogP contribution in [0.4, 0.5) is 0 Å². The molecule has 0 radical (unpaired) electrons. The van der Waals surface area contributed by atoms with E-state index in [2.05, 4.69) is 41.4 Å². The Morgan fingerprint density at radius 3 is 2.54 bits per heavy atom. The average Bonchev–Trinajstić information content (AvgIpc) is 2.62. The van der Waals surface area contributed by atoms with Crippen molar-refractivity contribution in [3.05, 3.63) is 35.4 Å². The molecule has 1 unspecified atom stereocenters. The standard InChI is InChI=1S/C19H28N2O2.ClH/c1-15-5-7-16(8-6-15)19(9-12-23-13-10-19)18(22)21-11-3-4-17(14-21)20-2;/h5-8,17,20H,3-4,9-14H2,1-2H3;1H. The molecule has 2 fully saturated rings. The van der Waals surface area contributed by atoms with Crippen molar-refractivity contribution < 1.29 is 9.53 Å². The maximum atomic E-state index is 13.5. The highest BCUT2D eigenvalue weighted by molar-refractivity contribution is 5.88. The van der Waals surface area contributed by atoms with E-state index < -0.39 is 5.41 Å². The number of carbonyl (C=O) groups is 1. The number of nitrogens with zero attached hydrogens (tertiary/aromatic N) is 1. The van der Waals surface area contributed by atoms with Gasteiger partial charge in [-0.25, -0.2) is 0 Å². The smallest absolute Gasteiger partial charge is 0.233 e. The number of halogens is 1. The Morgan fingerprint density at radius 2 is 1.92 bits per heavy atom. The summed E-state index contributed by atoms with van der Waals surface area (Å²) in [5, 5.41) is 3.33. The van der Waals surface area contributed by atoms with E-state index in [1.165, 1.54) is 5.56 Å². The molecule has 0 bridgehead atoms. The number of ether oxygens (including phenoxy) is 1. The first-order chi connectivity index (χ1) is 11.2. The van der Waals surface area contributed by atoms with Gasteiger partial charge in [0.1, 0.15) is 0 Å². The van der Waals surface area contributed by atoms with Gasteiger partial charge in [0, 0.05) is 32.3 Å². The molecule has 3 rings (SSSR count). The molecular weight excluding hydrogens is 324 g/mol. The van der Waals surface area contributed by atoms with Gasteiger partial charge in [-0.2, -0.15) is 0 Å². The van der Waals surface area contributed by atoms with E-state index in [9.17, 15) is 4.79 Å². The monoisotopic (exact) mass is 352 g/mol. The summed E-state index contributed by atoms with van der Waals surface area (Å²) in [5.74, 6) is 0.296. The van der Waals surface area contributed by atoms with E-state index in [-0.39, 0.29) is 12.4 Å². The number of rotatable bonds is 3. The molecule has 4 nitrogen and oxygen atoms in total. The molecule has 0 aromatic heterocycles. The fraction of sp³-hybridized carbons (Fsp3) is 0.632. The number of benzene rings is 1. The topological polar surface area (TPSA) is 41.6 Å². The lowest BCUT2D eigenvalue weighted by molar-refractivity contribution is -0.142. The molecule has 0 aliphatic carbocycles. The fourth-order valence-corrected chi connectivity index (χ4v) is 3.92.